The van der Waals surface area contributed by atoms with Crippen molar-refractivity contribution in [1.82, 2.24) is 40.4 Å². The minimum Gasteiger partial charge on any atom is -0.453 e. The fourth-order valence-electron chi connectivity index (χ4n) is 9.10. The third-order valence-electron chi connectivity index (χ3n) is 12.6. The summed E-state index contributed by atoms with van der Waals surface area (Å²) < 4.78 is 9.60. The van der Waals surface area contributed by atoms with E-state index in [1.165, 1.54) is 14.2 Å². The molecule has 5 aromatic rings. The van der Waals surface area contributed by atoms with Gasteiger partial charge in [-0.15, -0.1) is 0 Å². The quantitative estimate of drug-likeness (QED) is 0.105. The molecule has 4 N–H and O–H groups in total. The lowest BCUT2D eigenvalue weighted by atomic mass is 9.98. The maximum absolute atomic E-state index is 13.8. The van der Waals surface area contributed by atoms with E-state index < -0.39 is 24.3 Å². The van der Waals surface area contributed by atoms with Gasteiger partial charge < -0.3 is 39.9 Å². The minimum atomic E-state index is -0.704. The SMILES string of the molecule is COC(=O)NC(C(=O)N1[C@H](c2ncc(-c3ccc(-c4ccc5cc(-c6cnc([C@@H]7CC[C@@H](C)N7C(=O)[C@@H](NC(=O)OC)C(C)C)[nH]6)ccc5c4)cc3)[nH]2)C[C@@H]2C[C@@H]21)C(C)C. The van der Waals surface area contributed by atoms with Gasteiger partial charge in [-0.2, -0.15) is 0 Å². The molecule has 3 aromatic carbocycles. The molecule has 7 atom stereocenters. The first kappa shape index (κ1) is 40.6. The highest BCUT2D eigenvalue weighted by molar-refractivity contribution is 5.91. The third-order valence-corrected chi connectivity index (χ3v) is 12.6. The lowest BCUT2D eigenvalue weighted by Gasteiger charge is -2.32. The van der Waals surface area contributed by atoms with Crippen molar-refractivity contribution < 1.29 is 28.7 Å². The molecular formula is C46H54N8O6. The van der Waals surface area contributed by atoms with Crippen LogP contribution in [0.3, 0.4) is 0 Å². The van der Waals surface area contributed by atoms with E-state index in [9.17, 15) is 19.2 Å². The Kier molecular flexibility index (Phi) is 11.1. The Morgan fingerprint density at radius 2 is 1.15 bits per heavy atom. The summed E-state index contributed by atoms with van der Waals surface area (Å²) in [5.41, 5.74) is 5.91. The Hall–Kier alpha value is -6.18. The molecule has 0 spiro atoms. The molecule has 8 rings (SSSR count). The van der Waals surface area contributed by atoms with E-state index in [4.69, 9.17) is 19.4 Å². The van der Waals surface area contributed by atoms with Gasteiger partial charge in [-0.25, -0.2) is 19.6 Å². The number of benzene rings is 3. The van der Waals surface area contributed by atoms with E-state index in [-0.39, 0.29) is 47.8 Å². The number of carbonyl (C=O) groups is 4. The number of hydrogen-bond donors (Lipinski definition) is 4. The van der Waals surface area contributed by atoms with E-state index in [0.29, 0.717) is 5.92 Å². The third kappa shape index (κ3) is 7.82. The highest BCUT2D eigenvalue weighted by Gasteiger charge is 2.56. The molecule has 60 heavy (non-hydrogen) atoms. The van der Waals surface area contributed by atoms with Gasteiger partial charge in [-0.3, -0.25) is 9.59 Å². The van der Waals surface area contributed by atoms with Crippen molar-refractivity contribution in [2.45, 2.75) is 96.6 Å². The smallest absolute Gasteiger partial charge is 0.407 e. The number of rotatable bonds is 11. The fourth-order valence-corrected chi connectivity index (χ4v) is 9.10. The van der Waals surface area contributed by atoms with Crippen LogP contribution in [-0.2, 0) is 19.1 Å². The number of aromatic amines is 2. The van der Waals surface area contributed by atoms with Crippen molar-refractivity contribution in [3.63, 3.8) is 0 Å². The van der Waals surface area contributed by atoms with Crippen LogP contribution in [0, 0.1) is 17.8 Å². The maximum atomic E-state index is 13.8. The normalized spacial score (nSPS) is 21.9. The second kappa shape index (κ2) is 16.5. The standard InChI is InChI=1S/C46H54N8O6/c1-24(2)39(51-45(57)59-6)43(55)53-26(5)8-17-36(53)41-47-23-35(50-41)32-16-15-30-18-29(13-14-31(30)19-32)27-9-11-28(12-10-27)34-22-48-42(49-34)38-21-33-20-37(33)54(38)44(56)40(25(3)4)52-46(58)60-7/h9-16,18-19,22-26,33,36-40H,8,17,20-21H2,1-7H3,(H,47,50)(H,48,49)(H,51,57)(H,52,58)/t26-,33+,36+,37+,38+,39+,40?/m1/s1. The summed E-state index contributed by atoms with van der Waals surface area (Å²) >= 11 is 0. The molecule has 3 aliphatic rings. The predicted octanol–water partition coefficient (Wildman–Crippen LogP) is 7.76. The maximum Gasteiger partial charge on any atom is 0.407 e. The average Bonchev–Trinajstić information content (AvgIpc) is 3.73. The summed E-state index contributed by atoms with van der Waals surface area (Å²) in [4.78, 5) is 72.0. The number of piperidine rings is 1. The average molecular weight is 815 g/mol. The molecule has 4 amide bonds. The second-order valence-electron chi connectivity index (χ2n) is 17.2. The van der Waals surface area contributed by atoms with Crippen molar-refractivity contribution in [2.24, 2.45) is 17.8 Å². The van der Waals surface area contributed by atoms with Crippen LogP contribution < -0.4 is 10.6 Å². The first-order valence-corrected chi connectivity index (χ1v) is 20.9. The van der Waals surface area contributed by atoms with Crippen LogP contribution in [0.15, 0.2) is 73.1 Å². The molecule has 0 radical (unpaired) electrons. The first-order valence-electron chi connectivity index (χ1n) is 20.9. The van der Waals surface area contributed by atoms with Gasteiger partial charge in [-0.1, -0.05) is 76.2 Å². The van der Waals surface area contributed by atoms with Crippen LogP contribution in [-0.4, -0.2) is 92.1 Å². The summed E-state index contributed by atoms with van der Waals surface area (Å²) in [5.74, 6) is 1.48. The van der Waals surface area contributed by atoms with Gasteiger partial charge >= 0.3 is 12.2 Å². The molecule has 14 nitrogen and oxygen atoms in total. The van der Waals surface area contributed by atoms with E-state index in [1.54, 1.807) is 0 Å². The number of ether oxygens (including phenoxy) is 2. The Balaban J connectivity index is 0.951. The van der Waals surface area contributed by atoms with Crippen LogP contribution >= 0.6 is 0 Å². The molecule has 0 bridgehead atoms. The number of aromatic nitrogens is 4. The molecule has 14 heteroatoms. The molecule has 2 aromatic heterocycles. The molecule has 4 heterocycles. The molecule has 3 fully saturated rings. The van der Waals surface area contributed by atoms with Gasteiger partial charge in [0.1, 0.15) is 23.7 Å². The van der Waals surface area contributed by atoms with Crippen molar-refractivity contribution in [3.8, 4) is 33.6 Å². The summed E-state index contributed by atoms with van der Waals surface area (Å²) in [6.45, 7) is 9.70. The van der Waals surface area contributed by atoms with Crippen LogP contribution in [0.2, 0.25) is 0 Å². The van der Waals surface area contributed by atoms with Gasteiger partial charge in [0.25, 0.3) is 0 Å². The molecule has 1 aliphatic carbocycles. The summed E-state index contributed by atoms with van der Waals surface area (Å²) in [6, 6.07) is 19.5. The van der Waals surface area contributed by atoms with Crippen LogP contribution in [0.5, 0.6) is 0 Å². The number of methoxy groups -OCH3 is 2. The van der Waals surface area contributed by atoms with Crippen molar-refractivity contribution in [3.05, 3.63) is 84.7 Å². The zero-order chi connectivity index (χ0) is 42.4. The number of carbonyl (C=O) groups excluding carboxylic acids is 4. The number of fused-ring (bicyclic) bond motifs is 2. The van der Waals surface area contributed by atoms with Crippen molar-refractivity contribution >= 4 is 34.8 Å². The highest BCUT2D eigenvalue weighted by atomic mass is 16.5. The molecule has 1 saturated carbocycles. The number of hydrogen-bond acceptors (Lipinski definition) is 8. The van der Waals surface area contributed by atoms with E-state index >= 15 is 0 Å². The number of alkyl carbamates (subject to hydrolysis) is 2. The van der Waals surface area contributed by atoms with E-state index in [2.05, 4.69) is 81.3 Å². The monoisotopic (exact) mass is 814 g/mol. The number of likely N-dealkylation sites (tertiary alicyclic amines) is 2. The number of imidazole rings is 2. The molecular weight excluding hydrogens is 761 g/mol. The van der Waals surface area contributed by atoms with Crippen LogP contribution in [0.4, 0.5) is 9.59 Å². The highest BCUT2D eigenvalue weighted by Crippen LogP contribution is 2.53. The lowest BCUT2D eigenvalue weighted by Crippen LogP contribution is -2.52. The number of nitrogens with one attached hydrogen (secondary N) is 4. The van der Waals surface area contributed by atoms with Gasteiger partial charge in [0.2, 0.25) is 11.8 Å². The Morgan fingerprint density at radius 1 is 0.650 bits per heavy atom. The van der Waals surface area contributed by atoms with E-state index in [0.717, 1.165) is 81.7 Å². The van der Waals surface area contributed by atoms with Gasteiger partial charge in [0.15, 0.2) is 0 Å². The fraction of sp³-hybridized carbons (Fsp3) is 0.435. The zero-order valence-electron chi connectivity index (χ0n) is 35.2. The minimum absolute atomic E-state index is 0.000952. The van der Waals surface area contributed by atoms with Crippen molar-refractivity contribution in [2.75, 3.05) is 14.2 Å². The Morgan fingerprint density at radius 3 is 1.73 bits per heavy atom. The molecule has 2 aliphatic heterocycles. The first-order chi connectivity index (χ1) is 28.8. The van der Waals surface area contributed by atoms with Gasteiger partial charge in [0.05, 0.1) is 50.1 Å². The van der Waals surface area contributed by atoms with Crippen LogP contribution in [0.25, 0.3) is 44.4 Å². The number of H-pyrrole nitrogens is 2. The van der Waals surface area contributed by atoms with Crippen LogP contribution in [0.1, 0.15) is 84.0 Å². The molecule has 314 valence electrons. The second-order valence-corrected chi connectivity index (χ2v) is 17.2. The molecule has 2 saturated heterocycles. The predicted molar refractivity (Wildman–Crippen MR) is 227 cm³/mol. The Labute approximate surface area is 349 Å². The zero-order valence-corrected chi connectivity index (χ0v) is 35.2. The summed E-state index contributed by atoms with van der Waals surface area (Å²) in [7, 11) is 2.60. The van der Waals surface area contributed by atoms with Gasteiger partial charge in [-0.05, 0) is 90.0 Å². The lowest BCUT2D eigenvalue weighted by molar-refractivity contribution is -0.137. The van der Waals surface area contributed by atoms with E-state index in [1.807, 2.05) is 56.8 Å². The Bertz CT molecular complexity index is 2400. The van der Waals surface area contributed by atoms with Crippen molar-refractivity contribution in [1.29, 1.82) is 0 Å². The summed E-state index contributed by atoms with van der Waals surface area (Å²) in [5, 5.41) is 7.66. The van der Waals surface area contributed by atoms with Gasteiger partial charge in [0, 0.05) is 17.6 Å². The topological polar surface area (TPSA) is 175 Å². The largest absolute Gasteiger partial charge is 0.453 e. The number of amides is 4. The molecule has 1 unspecified atom stereocenters. The number of nitrogens with zero attached hydrogens (tertiary/aromatic N) is 4. The summed E-state index contributed by atoms with van der Waals surface area (Å²) in [6.07, 6.45) is 5.85.